The van der Waals surface area contributed by atoms with Gasteiger partial charge in [-0.25, -0.2) is 4.68 Å². The summed E-state index contributed by atoms with van der Waals surface area (Å²) in [6.45, 7) is 8.95. The molecule has 0 spiro atoms. The van der Waals surface area contributed by atoms with Crippen LogP contribution in [0.5, 0.6) is 0 Å². The van der Waals surface area contributed by atoms with Crippen molar-refractivity contribution < 1.29 is 14.0 Å². The molecule has 7 heteroatoms. The molecule has 2 saturated heterocycles. The van der Waals surface area contributed by atoms with E-state index in [1.807, 2.05) is 50.6 Å². The van der Waals surface area contributed by atoms with Crippen LogP contribution in [0.4, 0.5) is 0 Å². The zero-order valence-electron chi connectivity index (χ0n) is 15.2. The van der Waals surface area contributed by atoms with Crippen LogP contribution >= 0.6 is 11.6 Å². The lowest BCUT2D eigenvalue weighted by atomic mass is 9.82. The number of benzene rings is 1. The van der Waals surface area contributed by atoms with Gasteiger partial charge in [-0.05, 0) is 65.2 Å². The molecular formula is C18H24BClN2O3. The highest BCUT2D eigenvalue weighted by atomic mass is 35.5. The number of nitrogens with zero attached hydrogens (tertiary/aromatic N) is 2. The lowest BCUT2D eigenvalue weighted by Gasteiger charge is -2.32. The quantitative estimate of drug-likeness (QED) is 0.764. The topological polar surface area (TPSA) is 45.5 Å². The molecule has 1 atom stereocenters. The van der Waals surface area contributed by atoms with Crippen molar-refractivity contribution in [1.29, 1.82) is 0 Å². The Kier molecular flexibility index (Phi) is 4.15. The van der Waals surface area contributed by atoms with Gasteiger partial charge < -0.3 is 14.0 Å². The Hall–Kier alpha value is -1.08. The minimum atomic E-state index is -0.518. The minimum absolute atomic E-state index is 0.0476. The number of rotatable bonds is 2. The molecule has 1 unspecified atom stereocenters. The minimum Gasteiger partial charge on any atom is -0.398 e. The summed E-state index contributed by atoms with van der Waals surface area (Å²) in [5, 5.41) is 6.48. The normalized spacial score (nSPS) is 25.6. The smallest absolute Gasteiger partial charge is 0.398 e. The van der Waals surface area contributed by atoms with E-state index >= 15 is 0 Å². The Morgan fingerprint density at radius 3 is 2.52 bits per heavy atom. The van der Waals surface area contributed by atoms with Crippen LogP contribution in [-0.2, 0) is 14.0 Å². The largest absolute Gasteiger partial charge is 0.517 e. The van der Waals surface area contributed by atoms with Crippen molar-refractivity contribution in [3.05, 3.63) is 23.2 Å². The molecule has 0 amide bonds. The molecule has 3 heterocycles. The first-order valence-corrected chi connectivity index (χ1v) is 9.31. The summed E-state index contributed by atoms with van der Waals surface area (Å²) in [6.07, 6.45) is 3.16. The van der Waals surface area contributed by atoms with Crippen LogP contribution in [0, 0.1) is 0 Å². The Morgan fingerprint density at radius 2 is 1.88 bits per heavy atom. The maximum Gasteiger partial charge on any atom is 0.517 e. The highest BCUT2D eigenvalue weighted by molar-refractivity contribution is 6.64. The predicted octanol–water partition coefficient (Wildman–Crippen LogP) is 3.69. The molecule has 5 nitrogen and oxygen atoms in total. The van der Waals surface area contributed by atoms with Crippen molar-refractivity contribution in [3.63, 3.8) is 0 Å². The predicted molar refractivity (Wildman–Crippen MR) is 99.3 cm³/mol. The summed E-state index contributed by atoms with van der Waals surface area (Å²) in [4.78, 5) is 0. The number of aromatic nitrogens is 2. The molecule has 0 bridgehead atoms. The standard InChI is InChI=1S/C18H24BClN2O3/c1-17(2)18(3,4)25-19(24-17)16-13-11-12(20)8-9-14(13)22(21-16)15-7-5-6-10-23-15/h8-9,11,15H,5-7,10H2,1-4H3. The van der Waals surface area contributed by atoms with E-state index in [-0.39, 0.29) is 6.23 Å². The van der Waals surface area contributed by atoms with E-state index in [1.54, 1.807) is 0 Å². The van der Waals surface area contributed by atoms with Crippen LogP contribution in [0.15, 0.2) is 18.2 Å². The molecule has 2 aliphatic heterocycles. The molecule has 134 valence electrons. The highest BCUT2D eigenvalue weighted by Gasteiger charge is 2.53. The van der Waals surface area contributed by atoms with Crippen LogP contribution in [0.3, 0.4) is 0 Å². The summed E-state index contributed by atoms with van der Waals surface area (Å²) in [5.74, 6) is 0. The van der Waals surface area contributed by atoms with Gasteiger partial charge >= 0.3 is 7.12 Å². The summed E-state index contributed by atoms with van der Waals surface area (Å²) >= 11 is 6.25. The number of fused-ring (bicyclic) bond motifs is 1. The average molecular weight is 363 g/mol. The van der Waals surface area contributed by atoms with Crippen molar-refractivity contribution in [1.82, 2.24) is 9.78 Å². The van der Waals surface area contributed by atoms with Crippen LogP contribution in [0.2, 0.25) is 5.02 Å². The van der Waals surface area contributed by atoms with Crippen LogP contribution in [0.25, 0.3) is 10.9 Å². The Balaban J connectivity index is 1.80. The maximum atomic E-state index is 6.25. The Morgan fingerprint density at radius 1 is 1.16 bits per heavy atom. The molecule has 2 fully saturated rings. The van der Waals surface area contributed by atoms with E-state index in [0.29, 0.717) is 5.02 Å². The van der Waals surface area contributed by atoms with Crippen molar-refractivity contribution >= 4 is 35.2 Å². The summed E-state index contributed by atoms with van der Waals surface area (Å²) < 4.78 is 20.3. The van der Waals surface area contributed by atoms with Crippen molar-refractivity contribution in [2.75, 3.05) is 6.61 Å². The Bertz CT molecular complexity index is 783. The number of ether oxygens (including phenoxy) is 1. The molecule has 0 N–H and O–H groups in total. The molecular weight excluding hydrogens is 338 g/mol. The van der Waals surface area contributed by atoms with Gasteiger partial charge in [-0.1, -0.05) is 11.6 Å². The third-order valence-corrected chi connectivity index (χ3v) is 5.84. The molecule has 1 aromatic carbocycles. The fourth-order valence-electron chi connectivity index (χ4n) is 3.40. The van der Waals surface area contributed by atoms with Gasteiger partial charge in [0, 0.05) is 17.0 Å². The number of hydrogen-bond donors (Lipinski definition) is 0. The van der Waals surface area contributed by atoms with E-state index in [0.717, 1.165) is 42.4 Å². The van der Waals surface area contributed by atoms with E-state index in [1.165, 1.54) is 0 Å². The van der Waals surface area contributed by atoms with Crippen LogP contribution < -0.4 is 5.59 Å². The fourth-order valence-corrected chi connectivity index (χ4v) is 3.57. The fraction of sp³-hybridized carbons (Fsp3) is 0.611. The van der Waals surface area contributed by atoms with Crippen LogP contribution in [-0.4, -0.2) is 34.7 Å². The van der Waals surface area contributed by atoms with Gasteiger partial charge in [-0.15, -0.1) is 0 Å². The van der Waals surface area contributed by atoms with Gasteiger partial charge in [0.2, 0.25) is 0 Å². The molecule has 1 aromatic heterocycles. The first kappa shape index (κ1) is 17.3. The van der Waals surface area contributed by atoms with E-state index < -0.39 is 18.3 Å². The van der Waals surface area contributed by atoms with Crippen molar-refractivity contribution in [2.45, 2.75) is 64.4 Å². The third-order valence-electron chi connectivity index (χ3n) is 5.60. The first-order valence-electron chi connectivity index (χ1n) is 8.93. The SMILES string of the molecule is CC1(C)OB(c2nn(C3CCCCO3)c3ccc(Cl)cc23)OC1(C)C. The summed E-state index contributed by atoms with van der Waals surface area (Å²) in [6, 6.07) is 5.82. The molecule has 0 radical (unpaired) electrons. The first-order chi connectivity index (χ1) is 11.8. The maximum absolute atomic E-state index is 6.25. The molecule has 2 aromatic rings. The van der Waals surface area contributed by atoms with E-state index in [4.69, 9.17) is 30.7 Å². The van der Waals surface area contributed by atoms with Gasteiger partial charge in [0.1, 0.15) is 5.59 Å². The zero-order valence-corrected chi connectivity index (χ0v) is 16.0. The van der Waals surface area contributed by atoms with Crippen LogP contribution in [0.1, 0.15) is 53.2 Å². The highest BCUT2D eigenvalue weighted by Crippen LogP contribution is 2.37. The van der Waals surface area contributed by atoms with Gasteiger partial charge in [-0.3, -0.25) is 0 Å². The lowest BCUT2D eigenvalue weighted by molar-refractivity contribution is -0.0364. The van der Waals surface area contributed by atoms with Gasteiger partial charge in [-0.2, -0.15) is 5.10 Å². The Labute approximate surface area is 153 Å². The summed E-state index contributed by atoms with van der Waals surface area (Å²) in [7, 11) is -0.518. The van der Waals surface area contributed by atoms with Gasteiger partial charge in [0.05, 0.1) is 16.7 Å². The monoisotopic (exact) mass is 362 g/mol. The van der Waals surface area contributed by atoms with Gasteiger partial charge in [0.15, 0.2) is 6.23 Å². The molecule has 4 rings (SSSR count). The average Bonchev–Trinajstić information content (AvgIpc) is 3.02. The second-order valence-corrected chi connectivity index (χ2v) is 8.34. The molecule has 2 aliphatic rings. The third kappa shape index (κ3) is 2.89. The number of hydrogen-bond acceptors (Lipinski definition) is 4. The van der Waals surface area contributed by atoms with Gasteiger partial charge in [0.25, 0.3) is 0 Å². The lowest BCUT2D eigenvalue weighted by Crippen LogP contribution is -2.41. The molecule has 0 saturated carbocycles. The summed E-state index contributed by atoms with van der Waals surface area (Å²) in [5.41, 5.74) is 0.952. The molecule has 25 heavy (non-hydrogen) atoms. The van der Waals surface area contributed by atoms with Crippen molar-refractivity contribution in [3.8, 4) is 0 Å². The van der Waals surface area contributed by atoms with E-state index in [9.17, 15) is 0 Å². The van der Waals surface area contributed by atoms with E-state index in [2.05, 4.69) is 0 Å². The second kappa shape index (κ2) is 5.98. The number of halogens is 1. The zero-order chi connectivity index (χ0) is 17.8. The second-order valence-electron chi connectivity index (χ2n) is 7.90. The molecule has 0 aliphatic carbocycles. The van der Waals surface area contributed by atoms with Crippen molar-refractivity contribution in [2.24, 2.45) is 0 Å².